The zero-order chi connectivity index (χ0) is 18.3. The quantitative estimate of drug-likeness (QED) is 0.434. The molecule has 2 aromatic heterocycles. The number of phenols is 1. The normalized spacial score (nSPS) is 11.0. The van der Waals surface area contributed by atoms with Crippen molar-refractivity contribution in [3.8, 4) is 34.6 Å². The molecule has 9 heteroatoms. The molecule has 0 atom stereocenters. The van der Waals surface area contributed by atoms with Crippen LogP contribution in [0.2, 0.25) is 0 Å². The fraction of sp³-hybridized carbons (Fsp3) is 0.0588. The van der Waals surface area contributed by atoms with Crippen LogP contribution in [0.5, 0.6) is 11.5 Å². The number of phenolic OH excluding ortho intramolecular Hbond substituents is 1. The summed E-state index contributed by atoms with van der Waals surface area (Å²) in [6.07, 6.45) is 0. The summed E-state index contributed by atoms with van der Waals surface area (Å²) in [4.78, 5) is 10.4. The zero-order valence-electron chi connectivity index (χ0n) is 13.4. The molecule has 130 valence electrons. The molecule has 26 heavy (non-hydrogen) atoms. The minimum Gasteiger partial charge on any atom is -0.504 e. The lowest BCUT2D eigenvalue weighted by molar-refractivity contribution is -0.384. The minimum atomic E-state index is -0.497. The highest BCUT2D eigenvalue weighted by Gasteiger charge is 2.17. The fourth-order valence-electron chi connectivity index (χ4n) is 2.50. The lowest BCUT2D eigenvalue weighted by Gasteiger charge is -2.03. The monoisotopic (exact) mass is 353 g/mol. The van der Waals surface area contributed by atoms with Gasteiger partial charge in [0, 0.05) is 17.0 Å². The topological polar surface area (TPSA) is 125 Å². The van der Waals surface area contributed by atoms with Crippen molar-refractivity contribution in [3.63, 3.8) is 0 Å². The number of hydrogen-bond donors (Lipinski definition) is 1. The molecule has 0 saturated carbocycles. The number of methoxy groups -OCH3 is 1. The first-order valence-corrected chi connectivity index (χ1v) is 7.44. The summed E-state index contributed by atoms with van der Waals surface area (Å²) in [5.41, 5.74) is 0.781. The van der Waals surface area contributed by atoms with Crippen molar-refractivity contribution in [1.29, 1.82) is 0 Å². The van der Waals surface area contributed by atoms with E-state index < -0.39 is 4.92 Å². The van der Waals surface area contributed by atoms with E-state index in [1.165, 1.54) is 25.3 Å². The zero-order valence-corrected chi connectivity index (χ0v) is 13.4. The molecule has 0 unspecified atom stereocenters. The highest BCUT2D eigenvalue weighted by Crippen LogP contribution is 2.33. The van der Waals surface area contributed by atoms with Crippen LogP contribution in [0.4, 0.5) is 5.69 Å². The van der Waals surface area contributed by atoms with Crippen LogP contribution in [-0.4, -0.2) is 27.3 Å². The van der Waals surface area contributed by atoms with E-state index in [2.05, 4.69) is 10.2 Å². The molecule has 4 aromatic rings. The Labute approximate surface area is 145 Å². The highest BCUT2D eigenvalue weighted by molar-refractivity contribution is 5.83. The minimum absolute atomic E-state index is 0.0548. The van der Waals surface area contributed by atoms with Crippen LogP contribution in [0.15, 0.2) is 51.3 Å². The standard InChI is InChI=1S/C17H11N3O6/c1-24-13-5-3-10(6-12(13)21)16-18-19-17(26-16)15-7-9-2-4-11(20(22)23)8-14(9)25-15/h2-8,21H,1H3. The molecule has 0 aliphatic carbocycles. The number of nitro benzene ring substituents is 1. The third-order valence-electron chi connectivity index (χ3n) is 3.78. The SMILES string of the molecule is COc1ccc(-c2nnc(-c3cc4ccc([N+](=O)[O-])cc4o3)o2)cc1O. The third kappa shape index (κ3) is 2.61. The van der Waals surface area contributed by atoms with E-state index in [1.807, 2.05) is 0 Å². The summed E-state index contributed by atoms with van der Waals surface area (Å²) in [7, 11) is 1.45. The number of hydrogen-bond acceptors (Lipinski definition) is 8. The van der Waals surface area contributed by atoms with E-state index in [0.29, 0.717) is 22.3 Å². The van der Waals surface area contributed by atoms with Gasteiger partial charge in [-0.15, -0.1) is 10.2 Å². The predicted octanol–water partition coefficient (Wildman–Crippen LogP) is 3.77. The van der Waals surface area contributed by atoms with Gasteiger partial charge in [0.1, 0.15) is 5.58 Å². The van der Waals surface area contributed by atoms with Crippen LogP contribution >= 0.6 is 0 Å². The summed E-state index contributed by atoms with van der Waals surface area (Å²) in [6, 6.07) is 10.6. The molecule has 0 aliphatic rings. The van der Waals surface area contributed by atoms with E-state index in [0.717, 1.165) is 0 Å². The van der Waals surface area contributed by atoms with Crippen LogP contribution in [0.3, 0.4) is 0 Å². The van der Waals surface area contributed by atoms with Crippen molar-refractivity contribution in [2.24, 2.45) is 0 Å². The largest absolute Gasteiger partial charge is 0.504 e. The molecule has 4 rings (SSSR count). The maximum Gasteiger partial charge on any atom is 0.283 e. The van der Waals surface area contributed by atoms with Gasteiger partial charge in [-0.1, -0.05) is 0 Å². The summed E-state index contributed by atoms with van der Waals surface area (Å²) >= 11 is 0. The molecule has 9 nitrogen and oxygen atoms in total. The maximum atomic E-state index is 10.8. The Bertz CT molecular complexity index is 1130. The lowest BCUT2D eigenvalue weighted by Crippen LogP contribution is -1.85. The first-order valence-electron chi connectivity index (χ1n) is 7.44. The van der Waals surface area contributed by atoms with Gasteiger partial charge in [-0.2, -0.15) is 0 Å². The molecule has 0 amide bonds. The molecular weight excluding hydrogens is 342 g/mol. The Morgan fingerprint density at radius 2 is 1.88 bits per heavy atom. The molecule has 2 aromatic carbocycles. The van der Waals surface area contributed by atoms with Crippen molar-refractivity contribution in [1.82, 2.24) is 10.2 Å². The second-order valence-electron chi connectivity index (χ2n) is 5.39. The Morgan fingerprint density at radius 1 is 1.08 bits per heavy atom. The fourth-order valence-corrected chi connectivity index (χ4v) is 2.50. The summed E-state index contributed by atoms with van der Waals surface area (Å²) in [5.74, 6) is 0.865. The van der Waals surface area contributed by atoms with Crippen LogP contribution in [0, 0.1) is 10.1 Å². The first kappa shape index (κ1) is 15.6. The number of nitrogens with zero attached hydrogens (tertiary/aromatic N) is 3. The smallest absolute Gasteiger partial charge is 0.283 e. The molecule has 0 spiro atoms. The highest BCUT2D eigenvalue weighted by atomic mass is 16.6. The number of rotatable bonds is 4. The second kappa shape index (κ2) is 5.88. The van der Waals surface area contributed by atoms with Gasteiger partial charge in [-0.05, 0) is 30.3 Å². The number of ether oxygens (including phenoxy) is 1. The summed E-state index contributed by atoms with van der Waals surface area (Å²) in [5, 5.41) is 29.2. The molecule has 2 heterocycles. The van der Waals surface area contributed by atoms with Crippen LogP contribution in [-0.2, 0) is 0 Å². The predicted molar refractivity (Wildman–Crippen MR) is 89.8 cm³/mol. The van der Waals surface area contributed by atoms with Crippen molar-refractivity contribution >= 4 is 16.7 Å². The average molecular weight is 353 g/mol. The van der Waals surface area contributed by atoms with E-state index in [9.17, 15) is 15.2 Å². The molecule has 0 bridgehead atoms. The number of non-ortho nitro benzene ring substituents is 1. The Balaban J connectivity index is 1.70. The number of aromatic hydroxyl groups is 1. The molecule has 0 fully saturated rings. The Morgan fingerprint density at radius 3 is 2.62 bits per heavy atom. The number of aromatic nitrogens is 2. The van der Waals surface area contributed by atoms with Gasteiger partial charge in [0.25, 0.3) is 11.6 Å². The maximum absolute atomic E-state index is 10.8. The van der Waals surface area contributed by atoms with Gasteiger partial charge >= 0.3 is 0 Å². The third-order valence-corrected chi connectivity index (χ3v) is 3.78. The number of fused-ring (bicyclic) bond motifs is 1. The van der Waals surface area contributed by atoms with Crippen molar-refractivity contribution in [3.05, 3.63) is 52.6 Å². The van der Waals surface area contributed by atoms with Crippen LogP contribution in [0.25, 0.3) is 34.1 Å². The van der Waals surface area contributed by atoms with Gasteiger partial charge in [-0.25, -0.2) is 0 Å². The van der Waals surface area contributed by atoms with E-state index in [4.69, 9.17) is 13.6 Å². The number of furan rings is 1. The van der Waals surface area contributed by atoms with Gasteiger partial charge in [0.15, 0.2) is 17.3 Å². The lowest BCUT2D eigenvalue weighted by atomic mass is 10.2. The van der Waals surface area contributed by atoms with Gasteiger partial charge in [-0.3, -0.25) is 10.1 Å². The van der Waals surface area contributed by atoms with Gasteiger partial charge in [0.2, 0.25) is 5.89 Å². The molecule has 1 N–H and O–H groups in total. The van der Waals surface area contributed by atoms with Gasteiger partial charge in [0.05, 0.1) is 18.1 Å². The van der Waals surface area contributed by atoms with Crippen molar-refractivity contribution < 1.29 is 23.6 Å². The van der Waals surface area contributed by atoms with E-state index >= 15 is 0 Å². The molecule has 0 radical (unpaired) electrons. The van der Waals surface area contributed by atoms with Crippen molar-refractivity contribution in [2.45, 2.75) is 0 Å². The van der Waals surface area contributed by atoms with Crippen LogP contribution in [0.1, 0.15) is 0 Å². The van der Waals surface area contributed by atoms with Crippen molar-refractivity contribution in [2.75, 3.05) is 7.11 Å². The van der Waals surface area contributed by atoms with Gasteiger partial charge < -0.3 is 18.7 Å². The van der Waals surface area contributed by atoms with E-state index in [1.54, 1.807) is 24.3 Å². The number of benzene rings is 2. The summed E-state index contributed by atoms with van der Waals surface area (Å²) in [6.45, 7) is 0. The summed E-state index contributed by atoms with van der Waals surface area (Å²) < 4.78 is 16.2. The number of nitro groups is 1. The van der Waals surface area contributed by atoms with Crippen LogP contribution < -0.4 is 4.74 Å². The Hall–Kier alpha value is -3.88. The molecule has 0 aliphatic heterocycles. The first-order chi connectivity index (χ1) is 12.5. The molecule has 0 saturated heterocycles. The molecular formula is C17H11N3O6. The second-order valence-corrected chi connectivity index (χ2v) is 5.39. The van der Waals surface area contributed by atoms with E-state index in [-0.39, 0.29) is 29.0 Å². The Kier molecular flexibility index (Phi) is 3.54. The average Bonchev–Trinajstić information content (AvgIpc) is 3.27.